The molecule has 0 radical (unpaired) electrons. The number of allylic oxidation sites excluding steroid dienone is 1. The number of ketones is 1. The first-order valence-electron chi connectivity index (χ1n) is 4.96. The summed E-state index contributed by atoms with van der Waals surface area (Å²) in [6.45, 7) is 3.81. The van der Waals surface area contributed by atoms with Crippen molar-refractivity contribution in [1.29, 1.82) is 0 Å². The van der Waals surface area contributed by atoms with Crippen LogP contribution in [0.5, 0.6) is 0 Å². The summed E-state index contributed by atoms with van der Waals surface area (Å²) >= 11 is 0. The summed E-state index contributed by atoms with van der Waals surface area (Å²) in [5.41, 5.74) is 0. The zero-order valence-corrected chi connectivity index (χ0v) is 7.46. The van der Waals surface area contributed by atoms with Gasteiger partial charge in [-0.05, 0) is 37.5 Å². The Bertz CT molecular complexity index is 207. The summed E-state index contributed by atoms with van der Waals surface area (Å²) < 4.78 is 0. The fraction of sp³-hybridized carbons (Fsp3) is 0.727. The van der Waals surface area contributed by atoms with Crippen LogP contribution >= 0.6 is 0 Å². The van der Waals surface area contributed by atoms with E-state index < -0.39 is 0 Å². The molecule has 66 valence electrons. The number of hydrogen-bond acceptors (Lipinski definition) is 1. The zero-order valence-electron chi connectivity index (χ0n) is 7.46. The number of hydrogen-bond donors (Lipinski definition) is 0. The molecule has 2 aliphatic carbocycles. The van der Waals surface area contributed by atoms with Crippen molar-refractivity contribution in [2.24, 2.45) is 17.8 Å². The van der Waals surface area contributed by atoms with Crippen LogP contribution in [-0.2, 0) is 4.79 Å². The summed E-state index contributed by atoms with van der Waals surface area (Å²) in [7, 11) is 0. The number of fused-ring (bicyclic) bond motifs is 1. The second-order valence-corrected chi connectivity index (χ2v) is 4.19. The van der Waals surface area contributed by atoms with Gasteiger partial charge < -0.3 is 0 Å². The number of carbonyl (C=O) groups is 1. The van der Waals surface area contributed by atoms with E-state index in [4.69, 9.17) is 0 Å². The molecule has 0 spiro atoms. The molecule has 0 aliphatic heterocycles. The van der Waals surface area contributed by atoms with Crippen LogP contribution in [0.25, 0.3) is 0 Å². The molecule has 3 atom stereocenters. The van der Waals surface area contributed by atoms with E-state index in [1.165, 1.54) is 12.8 Å². The van der Waals surface area contributed by atoms with Gasteiger partial charge in [-0.25, -0.2) is 0 Å². The fourth-order valence-corrected chi connectivity index (χ4v) is 2.80. The molecule has 2 saturated carbocycles. The predicted molar refractivity (Wildman–Crippen MR) is 48.8 cm³/mol. The number of carbonyl (C=O) groups excluding carboxylic acids is 1. The first kappa shape index (κ1) is 8.03. The number of Topliss-reactive ketones (excluding diaryl/α,β-unsaturated/α-hetero) is 1. The monoisotopic (exact) mass is 164 g/mol. The molecule has 0 N–H and O–H groups in total. The first-order valence-corrected chi connectivity index (χ1v) is 4.96. The average Bonchev–Trinajstić information content (AvgIpc) is 2.49. The van der Waals surface area contributed by atoms with Gasteiger partial charge in [0.1, 0.15) is 5.78 Å². The second-order valence-electron chi connectivity index (χ2n) is 4.19. The molecular formula is C11H16O. The van der Waals surface area contributed by atoms with Crippen LogP contribution in [-0.4, -0.2) is 5.78 Å². The van der Waals surface area contributed by atoms with Gasteiger partial charge in [-0.15, -0.1) is 6.58 Å². The molecule has 12 heavy (non-hydrogen) atoms. The van der Waals surface area contributed by atoms with Gasteiger partial charge in [-0.2, -0.15) is 0 Å². The van der Waals surface area contributed by atoms with Gasteiger partial charge in [-0.3, -0.25) is 4.79 Å². The van der Waals surface area contributed by atoms with E-state index in [-0.39, 0.29) is 0 Å². The molecular weight excluding hydrogens is 148 g/mol. The van der Waals surface area contributed by atoms with E-state index in [2.05, 4.69) is 6.58 Å². The highest BCUT2D eigenvalue weighted by molar-refractivity contribution is 5.82. The summed E-state index contributed by atoms with van der Waals surface area (Å²) in [6.07, 6.45) is 7.59. The maximum atomic E-state index is 11.5. The van der Waals surface area contributed by atoms with Gasteiger partial charge in [0, 0.05) is 12.3 Å². The SMILES string of the molecule is C=C[C@@H]1C[C@@H]2CCCC(=O)[C@H]2C1. The first-order chi connectivity index (χ1) is 5.81. The molecule has 1 nitrogen and oxygen atoms in total. The Morgan fingerprint density at radius 1 is 1.42 bits per heavy atom. The highest BCUT2D eigenvalue weighted by Crippen LogP contribution is 2.43. The van der Waals surface area contributed by atoms with Crippen LogP contribution in [0.1, 0.15) is 32.1 Å². The van der Waals surface area contributed by atoms with Crippen molar-refractivity contribution in [2.75, 3.05) is 0 Å². The summed E-state index contributed by atoms with van der Waals surface area (Å²) in [5, 5.41) is 0. The summed E-state index contributed by atoms with van der Waals surface area (Å²) in [4.78, 5) is 11.5. The highest BCUT2D eigenvalue weighted by Gasteiger charge is 2.38. The van der Waals surface area contributed by atoms with Crippen molar-refractivity contribution in [1.82, 2.24) is 0 Å². The third-order valence-electron chi connectivity index (χ3n) is 3.48. The molecule has 0 saturated heterocycles. The Morgan fingerprint density at radius 3 is 2.92 bits per heavy atom. The molecule has 0 unspecified atom stereocenters. The topological polar surface area (TPSA) is 17.1 Å². The van der Waals surface area contributed by atoms with Crippen molar-refractivity contribution in [3.63, 3.8) is 0 Å². The lowest BCUT2D eigenvalue weighted by molar-refractivity contribution is -0.125. The Balaban J connectivity index is 2.08. The standard InChI is InChI=1S/C11H16O/c1-2-8-6-9-4-3-5-11(12)10(9)7-8/h2,8-10H,1,3-7H2/t8-,9+,10+/m1/s1. The van der Waals surface area contributed by atoms with Gasteiger partial charge in [0.2, 0.25) is 0 Å². The largest absolute Gasteiger partial charge is 0.299 e. The molecule has 0 aromatic carbocycles. The van der Waals surface area contributed by atoms with Gasteiger partial charge in [0.05, 0.1) is 0 Å². The molecule has 0 aromatic heterocycles. The van der Waals surface area contributed by atoms with Crippen LogP contribution in [0.15, 0.2) is 12.7 Å². The molecule has 0 heterocycles. The molecule has 0 amide bonds. The predicted octanol–water partition coefficient (Wildman–Crippen LogP) is 2.57. The molecule has 2 rings (SSSR count). The van der Waals surface area contributed by atoms with Crippen LogP contribution in [0, 0.1) is 17.8 Å². The van der Waals surface area contributed by atoms with E-state index in [1.54, 1.807) is 0 Å². The minimum Gasteiger partial charge on any atom is -0.299 e. The van der Waals surface area contributed by atoms with Crippen LogP contribution in [0.2, 0.25) is 0 Å². The highest BCUT2D eigenvalue weighted by atomic mass is 16.1. The third kappa shape index (κ3) is 1.21. The van der Waals surface area contributed by atoms with E-state index >= 15 is 0 Å². The van der Waals surface area contributed by atoms with E-state index in [0.29, 0.717) is 23.5 Å². The number of rotatable bonds is 1. The van der Waals surface area contributed by atoms with Crippen molar-refractivity contribution in [3.8, 4) is 0 Å². The van der Waals surface area contributed by atoms with Gasteiger partial charge >= 0.3 is 0 Å². The quantitative estimate of drug-likeness (QED) is 0.544. The minimum atomic E-state index is 0.404. The lowest BCUT2D eigenvalue weighted by atomic mass is 9.81. The molecule has 2 fully saturated rings. The zero-order chi connectivity index (χ0) is 8.55. The molecule has 2 aliphatic rings. The third-order valence-corrected chi connectivity index (χ3v) is 3.48. The Hall–Kier alpha value is -0.590. The molecule has 0 aromatic rings. The molecule has 1 heteroatoms. The normalized spacial score (nSPS) is 41.0. The minimum absolute atomic E-state index is 0.404. The smallest absolute Gasteiger partial charge is 0.136 e. The van der Waals surface area contributed by atoms with E-state index in [0.717, 1.165) is 19.3 Å². The Labute approximate surface area is 73.8 Å². The lowest BCUT2D eigenvalue weighted by Gasteiger charge is -2.22. The average molecular weight is 164 g/mol. The lowest BCUT2D eigenvalue weighted by Crippen LogP contribution is -2.23. The van der Waals surface area contributed by atoms with Gasteiger partial charge in [0.25, 0.3) is 0 Å². The van der Waals surface area contributed by atoms with Gasteiger partial charge in [0.15, 0.2) is 0 Å². The van der Waals surface area contributed by atoms with Crippen molar-refractivity contribution in [3.05, 3.63) is 12.7 Å². The maximum Gasteiger partial charge on any atom is 0.136 e. The maximum absolute atomic E-state index is 11.5. The Morgan fingerprint density at radius 2 is 2.25 bits per heavy atom. The Kier molecular flexibility index (Phi) is 2.03. The summed E-state index contributed by atoms with van der Waals surface area (Å²) in [5.74, 6) is 2.26. The van der Waals surface area contributed by atoms with Crippen molar-refractivity contribution >= 4 is 5.78 Å². The van der Waals surface area contributed by atoms with Crippen LogP contribution in [0.4, 0.5) is 0 Å². The molecule has 0 bridgehead atoms. The van der Waals surface area contributed by atoms with Crippen molar-refractivity contribution in [2.45, 2.75) is 32.1 Å². The van der Waals surface area contributed by atoms with E-state index in [9.17, 15) is 4.79 Å². The van der Waals surface area contributed by atoms with Crippen LogP contribution < -0.4 is 0 Å². The van der Waals surface area contributed by atoms with Crippen LogP contribution in [0.3, 0.4) is 0 Å². The second kappa shape index (κ2) is 3.04. The summed E-state index contributed by atoms with van der Waals surface area (Å²) in [6, 6.07) is 0. The van der Waals surface area contributed by atoms with E-state index in [1.807, 2.05) is 6.08 Å². The van der Waals surface area contributed by atoms with Crippen molar-refractivity contribution < 1.29 is 4.79 Å². The fourth-order valence-electron chi connectivity index (χ4n) is 2.80. The van der Waals surface area contributed by atoms with Gasteiger partial charge in [-0.1, -0.05) is 6.08 Å².